The fourth-order valence-electron chi connectivity index (χ4n) is 2.27. The van der Waals surface area contributed by atoms with E-state index >= 15 is 0 Å². The number of benzene rings is 1. The highest BCUT2D eigenvalue weighted by molar-refractivity contribution is 5.71. The van der Waals surface area contributed by atoms with Gasteiger partial charge in [0, 0.05) is 18.4 Å². The molecule has 1 aliphatic rings. The van der Waals surface area contributed by atoms with Gasteiger partial charge in [-0.25, -0.2) is 0 Å². The number of carbonyl (C=O) groups is 1. The van der Waals surface area contributed by atoms with Gasteiger partial charge >= 0.3 is 5.97 Å². The molecule has 1 fully saturated rings. The van der Waals surface area contributed by atoms with E-state index in [0.717, 1.165) is 29.0 Å². The highest BCUT2D eigenvalue weighted by atomic mass is 16.5. The lowest BCUT2D eigenvalue weighted by molar-refractivity contribution is -0.141. The number of hydrogen-bond donors (Lipinski definition) is 0. The van der Waals surface area contributed by atoms with Gasteiger partial charge in [-0.05, 0) is 31.0 Å². The molecule has 0 saturated carbocycles. The molecule has 1 unspecified atom stereocenters. The van der Waals surface area contributed by atoms with E-state index in [0.29, 0.717) is 12.8 Å². The molecule has 2 rings (SSSR count). The summed E-state index contributed by atoms with van der Waals surface area (Å²) in [5.74, 6) is 1.45. The van der Waals surface area contributed by atoms with E-state index in [9.17, 15) is 4.79 Å². The van der Waals surface area contributed by atoms with Gasteiger partial charge in [-0.1, -0.05) is 0 Å². The Morgan fingerprint density at radius 1 is 1.28 bits per heavy atom. The van der Waals surface area contributed by atoms with Gasteiger partial charge in [-0.3, -0.25) is 4.79 Å². The number of cyclic esters (lactones) is 1. The normalized spacial score (nSPS) is 18.6. The molecule has 98 valence electrons. The SMILES string of the molecule is COc1cc(C)cc(OC)c1CC1CCC(=O)O1. The standard InChI is InChI=1S/C14H18O4/c1-9-6-12(16-2)11(13(7-9)17-3)8-10-4-5-14(15)18-10/h6-7,10H,4-5,8H2,1-3H3. The lowest BCUT2D eigenvalue weighted by Crippen LogP contribution is -2.12. The third-order valence-corrected chi connectivity index (χ3v) is 3.15. The smallest absolute Gasteiger partial charge is 0.306 e. The molecule has 0 N–H and O–H groups in total. The van der Waals surface area contributed by atoms with Crippen LogP contribution in [0.25, 0.3) is 0 Å². The number of methoxy groups -OCH3 is 2. The van der Waals surface area contributed by atoms with Crippen molar-refractivity contribution in [3.05, 3.63) is 23.3 Å². The van der Waals surface area contributed by atoms with Crippen molar-refractivity contribution in [2.45, 2.75) is 32.3 Å². The summed E-state index contributed by atoms with van der Waals surface area (Å²) in [6, 6.07) is 3.93. The molecule has 4 nitrogen and oxygen atoms in total. The van der Waals surface area contributed by atoms with Gasteiger partial charge in [0.25, 0.3) is 0 Å². The minimum Gasteiger partial charge on any atom is -0.496 e. The maximum atomic E-state index is 11.1. The number of carbonyl (C=O) groups excluding carboxylic acids is 1. The van der Waals surface area contributed by atoms with Crippen LogP contribution in [0.2, 0.25) is 0 Å². The minimum absolute atomic E-state index is 0.0667. The first kappa shape index (κ1) is 12.7. The molecule has 0 aromatic heterocycles. The van der Waals surface area contributed by atoms with Crippen molar-refractivity contribution in [2.24, 2.45) is 0 Å². The van der Waals surface area contributed by atoms with Crippen molar-refractivity contribution in [3.8, 4) is 11.5 Å². The van der Waals surface area contributed by atoms with E-state index in [-0.39, 0.29) is 12.1 Å². The van der Waals surface area contributed by atoms with Crippen LogP contribution in [-0.2, 0) is 16.0 Å². The summed E-state index contributed by atoms with van der Waals surface area (Å²) >= 11 is 0. The Hall–Kier alpha value is -1.71. The highest BCUT2D eigenvalue weighted by Gasteiger charge is 2.26. The lowest BCUT2D eigenvalue weighted by atomic mass is 10.0. The zero-order valence-electron chi connectivity index (χ0n) is 11.0. The van der Waals surface area contributed by atoms with Crippen LogP contribution in [0.5, 0.6) is 11.5 Å². The average Bonchev–Trinajstić information content (AvgIpc) is 2.76. The van der Waals surface area contributed by atoms with Crippen LogP contribution in [0.4, 0.5) is 0 Å². The summed E-state index contributed by atoms with van der Waals surface area (Å²) in [4.78, 5) is 11.1. The summed E-state index contributed by atoms with van der Waals surface area (Å²) in [6.07, 6.45) is 1.83. The predicted octanol–water partition coefficient (Wildman–Crippen LogP) is 2.26. The molecule has 1 saturated heterocycles. The van der Waals surface area contributed by atoms with Crippen LogP contribution in [0.1, 0.15) is 24.0 Å². The van der Waals surface area contributed by atoms with Crippen molar-refractivity contribution in [1.82, 2.24) is 0 Å². The first-order valence-corrected chi connectivity index (χ1v) is 6.05. The van der Waals surface area contributed by atoms with Crippen LogP contribution < -0.4 is 9.47 Å². The van der Waals surface area contributed by atoms with Crippen molar-refractivity contribution < 1.29 is 19.0 Å². The Kier molecular flexibility index (Phi) is 3.75. The van der Waals surface area contributed by atoms with E-state index in [2.05, 4.69) is 0 Å². The molecule has 0 spiro atoms. The first-order chi connectivity index (χ1) is 8.63. The second-order valence-electron chi connectivity index (χ2n) is 4.50. The second-order valence-corrected chi connectivity index (χ2v) is 4.50. The number of ether oxygens (including phenoxy) is 3. The molecular formula is C14H18O4. The molecule has 18 heavy (non-hydrogen) atoms. The van der Waals surface area contributed by atoms with Crippen molar-refractivity contribution >= 4 is 5.97 Å². The van der Waals surface area contributed by atoms with Gasteiger partial charge in [0.1, 0.15) is 17.6 Å². The molecule has 4 heteroatoms. The van der Waals surface area contributed by atoms with E-state index in [4.69, 9.17) is 14.2 Å². The fourth-order valence-corrected chi connectivity index (χ4v) is 2.27. The van der Waals surface area contributed by atoms with Crippen molar-refractivity contribution in [1.29, 1.82) is 0 Å². The van der Waals surface area contributed by atoms with Gasteiger partial charge in [0.15, 0.2) is 0 Å². The number of rotatable bonds is 4. The summed E-state index contributed by atoms with van der Waals surface area (Å²) in [7, 11) is 3.27. The molecular weight excluding hydrogens is 232 g/mol. The van der Waals surface area contributed by atoms with E-state index in [1.807, 2.05) is 19.1 Å². The van der Waals surface area contributed by atoms with E-state index in [1.165, 1.54) is 0 Å². The van der Waals surface area contributed by atoms with Crippen LogP contribution in [0.3, 0.4) is 0 Å². The van der Waals surface area contributed by atoms with Gasteiger partial charge in [0.2, 0.25) is 0 Å². The van der Waals surface area contributed by atoms with Crippen LogP contribution in [-0.4, -0.2) is 26.3 Å². The molecule has 1 aromatic carbocycles. The molecule has 0 aliphatic carbocycles. The molecule has 0 amide bonds. The van der Waals surface area contributed by atoms with Crippen LogP contribution in [0, 0.1) is 6.92 Å². The lowest BCUT2D eigenvalue weighted by Gasteiger charge is -2.16. The van der Waals surface area contributed by atoms with Crippen LogP contribution in [0.15, 0.2) is 12.1 Å². The van der Waals surface area contributed by atoms with E-state index in [1.54, 1.807) is 14.2 Å². The zero-order valence-corrected chi connectivity index (χ0v) is 11.0. The molecule has 1 heterocycles. The molecule has 1 atom stereocenters. The second kappa shape index (κ2) is 5.29. The molecule has 0 radical (unpaired) electrons. The fraction of sp³-hybridized carbons (Fsp3) is 0.500. The molecule has 1 aliphatic heterocycles. The first-order valence-electron chi connectivity index (χ1n) is 6.05. The quantitative estimate of drug-likeness (QED) is 0.769. The van der Waals surface area contributed by atoms with E-state index < -0.39 is 0 Å². The maximum absolute atomic E-state index is 11.1. The topological polar surface area (TPSA) is 44.8 Å². The Morgan fingerprint density at radius 2 is 1.89 bits per heavy atom. The minimum atomic E-state index is -0.120. The Labute approximate surface area is 107 Å². The predicted molar refractivity (Wildman–Crippen MR) is 67.1 cm³/mol. The average molecular weight is 250 g/mol. The third kappa shape index (κ3) is 2.58. The Morgan fingerprint density at radius 3 is 2.33 bits per heavy atom. The largest absolute Gasteiger partial charge is 0.496 e. The van der Waals surface area contributed by atoms with Gasteiger partial charge in [-0.2, -0.15) is 0 Å². The maximum Gasteiger partial charge on any atom is 0.306 e. The van der Waals surface area contributed by atoms with Gasteiger partial charge in [-0.15, -0.1) is 0 Å². The molecule has 0 bridgehead atoms. The summed E-state index contributed by atoms with van der Waals surface area (Å²) < 4.78 is 16.0. The van der Waals surface area contributed by atoms with Gasteiger partial charge in [0.05, 0.1) is 14.2 Å². The zero-order chi connectivity index (χ0) is 13.1. The summed E-state index contributed by atoms with van der Waals surface area (Å²) in [6.45, 7) is 1.99. The number of aryl methyl sites for hydroxylation is 1. The van der Waals surface area contributed by atoms with Gasteiger partial charge < -0.3 is 14.2 Å². The highest BCUT2D eigenvalue weighted by Crippen LogP contribution is 2.33. The van der Waals surface area contributed by atoms with Crippen molar-refractivity contribution in [3.63, 3.8) is 0 Å². The van der Waals surface area contributed by atoms with Crippen molar-refractivity contribution in [2.75, 3.05) is 14.2 Å². The Bertz CT molecular complexity index is 428. The Balaban J connectivity index is 2.27. The summed E-state index contributed by atoms with van der Waals surface area (Å²) in [5.41, 5.74) is 2.04. The monoisotopic (exact) mass is 250 g/mol. The molecule has 1 aromatic rings. The summed E-state index contributed by atoms with van der Waals surface area (Å²) in [5, 5.41) is 0. The third-order valence-electron chi connectivity index (χ3n) is 3.15. The number of esters is 1. The number of hydrogen-bond acceptors (Lipinski definition) is 4. The van der Waals surface area contributed by atoms with Crippen LogP contribution >= 0.6 is 0 Å².